The summed E-state index contributed by atoms with van der Waals surface area (Å²) in [5, 5.41) is 0. The molecule has 0 atom stereocenters. The Labute approximate surface area is 166 Å². The van der Waals surface area contributed by atoms with Crippen molar-refractivity contribution in [3.05, 3.63) is 58.3 Å². The number of sulfonamides is 1. The van der Waals surface area contributed by atoms with E-state index >= 15 is 0 Å². The average molecular weight is 459 g/mol. The molecule has 0 aliphatic heterocycles. The van der Waals surface area contributed by atoms with Crippen LogP contribution >= 0.6 is 15.9 Å². The fraction of sp³-hybridized carbons (Fsp3) is 0.278. The minimum Gasteiger partial charge on any atom is -0.496 e. The number of amides is 1. The Morgan fingerprint density at radius 3 is 2.37 bits per heavy atom. The van der Waals surface area contributed by atoms with Crippen molar-refractivity contribution in [3.63, 3.8) is 0 Å². The Hall–Kier alpha value is -1.97. The van der Waals surface area contributed by atoms with Crippen LogP contribution in [0.4, 0.5) is 4.39 Å². The van der Waals surface area contributed by atoms with E-state index in [9.17, 15) is 17.6 Å². The monoisotopic (exact) mass is 458 g/mol. The topological polar surface area (TPSA) is 66.9 Å². The number of ether oxygens (including phenoxy) is 1. The van der Waals surface area contributed by atoms with Crippen LogP contribution in [-0.4, -0.2) is 51.3 Å². The maximum absolute atomic E-state index is 13.0. The van der Waals surface area contributed by atoms with Crippen LogP contribution < -0.4 is 4.74 Å². The number of halogens is 2. The number of carbonyl (C=O) groups is 1. The predicted octanol–water partition coefficient (Wildman–Crippen LogP) is 2.88. The summed E-state index contributed by atoms with van der Waals surface area (Å²) in [6.45, 7) is -0.0849. The number of hydrogen-bond donors (Lipinski definition) is 0. The second-order valence-corrected chi connectivity index (χ2v) is 8.88. The summed E-state index contributed by atoms with van der Waals surface area (Å²) in [7, 11) is 0.544. The molecule has 146 valence electrons. The normalized spacial score (nSPS) is 11.5. The van der Waals surface area contributed by atoms with Gasteiger partial charge in [-0.2, -0.15) is 4.31 Å². The molecule has 0 N–H and O–H groups in total. The third kappa shape index (κ3) is 5.27. The Morgan fingerprint density at radius 1 is 1.15 bits per heavy atom. The van der Waals surface area contributed by atoms with Gasteiger partial charge in [0, 0.05) is 30.7 Å². The number of methoxy groups -OCH3 is 1. The fourth-order valence-electron chi connectivity index (χ4n) is 2.40. The summed E-state index contributed by atoms with van der Waals surface area (Å²) in [5.74, 6) is -0.286. The zero-order valence-electron chi connectivity index (χ0n) is 15.1. The van der Waals surface area contributed by atoms with Crippen molar-refractivity contribution in [3.8, 4) is 5.75 Å². The summed E-state index contributed by atoms with van der Waals surface area (Å²) >= 11 is 3.38. The van der Waals surface area contributed by atoms with Gasteiger partial charge in [0.2, 0.25) is 15.9 Å². The first kappa shape index (κ1) is 21.3. The maximum Gasteiger partial charge on any atom is 0.243 e. The van der Waals surface area contributed by atoms with Crippen molar-refractivity contribution in [2.45, 2.75) is 11.4 Å². The van der Waals surface area contributed by atoms with E-state index in [0.29, 0.717) is 5.75 Å². The molecule has 0 bridgehead atoms. The van der Waals surface area contributed by atoms with E-state index < -0.39 is 15.8 Å². The SMILES string of the molecule is COc1ccc(Br)cc1CN(C)C(=O)CN(C)S(=O)(=O)c1ccc(F)cc1. The lowest BCUT2D eigenvalue weighted by atomic mass is 10.2. The van der Waals surface area contributed by atoms with Crippen molar-refractivity contribution < 1.29 is 22.3 Å². The van der Waals surface area contributed by atoms with Crippen LogP contribution in [0.15, 0.2) is 51.8 Å². The van der Waals surface area contributed by atoms with Gasteiger partial charge in [0.15, 0.2) is 0 Å². The van der Waals surface area contributed by atoms with E-state index in [4.69, 9.17) is 4.74 Å². The molecule has 1 amide bonds. The lowest BCUT2D eigenvalue weighted by Gasteiger charge is -2.22. The van der Waals surface area contributed by atoms with Gasteiger partial charge in [-0.3, -0.25) is 4.79 Å². The molecule has 0 aromatic heterocycles. The van der Waals surface area contributed by atoms with Crippen LogP contribution in [0.25, 0.3) is 0 Å². The summed E-state index contributed by atoms with van der Waals surface area (Å²) in [6.07, 6.45) is 0. The highest BCUT2D eigenvalue weighted by atomic mass is 79.9. The van der Waals surface area contributed by atoms with E-state index in [2.05, 4.69) is 15.9 Å². The van der Waals surface area contributed by atoms with Gasteiger partial charge in [-0.05, 0) is 42.5 Å². The van der Waals surface area contributed by atoms with Crippen LogP contribution in [0.2, 0.25) is 0 Å². The molecule has 0 unspecified atom stereocenters. The zero-order chi connectivity index (χ0) is 20.2. The quantitative estimate of drug-likeness (QED) is 0.639. The highest BCUT2D eigenvalue weighted by Gasteiger charge is 2.24. The smallest absolute Gasteiger partial charge is 0.243 e. The minimum absolute atomic E-state index is 0.0736. The first-order valence-electron chi connectivity index (χ1n) is 7.93. The van der Waals surface area contributed by atoms with Gasteiger partial charge in [-0.25, -0.2) is 12.8 Å². The first-order chi connectivity index (χ1) is 12.6. The molecular weight excluding hydrogens is 439 g/mol. The van der Waals surface area contributed by atoms with Gasteiger partial charge in [-0.15, -0.1) is 0 Å². The summed E-state index contributed by atoms with van der Waals surface area (Å²) in [4.78, 5) is 13.8. The van der Waals surface area contributed by atoms with E-state index in [1.807, 2.05) is 12.1 Å². The second kappa shape index (κ2) is 8.81. The van der Waals surface area contributed by atoms with E-state index in [-0.39, 0.29) is 23.9 Å². The molecule has 27 heavy (non-hydrogen) atoms. The van der Waals surface area contributed by atoms with Crippen LogP contribution in [0.3, 0.4) is 0 Å². The van der Waals surface area contributed by atoms with Gasteiger partial charge in [0.25, 0.3) is 0 Å². The van der Waals surface area contributed by atoms with Crippen molar-refractivity contribution in [2.24, 2.45) is 0 Å². The van der Waals surface area contributed by atoms with Crippen LogP contribution in [0.1, 0.15) is 5.56 Å². The Kier molecular flexibility index (Phi) is 6.96. The first-order valence-corrected chi connectivity index (χ1v) is 10.2. The van der Waals surface area contributed by atoms with Gasteiger partial charge >= 0.3 is 0 Å². The molecular formula is C18H20BrFN2O4S. The van der Waals surface area contributed by atoms with E-state index in [1.54, 1.807) is 13.1 Å². The largest absolute Gasteiger partial charge is 0.496 e. The Morgan fingerprint density at radius 2 is 1.78 bits per heavy atom. The lowest BCUT2D eigenvalue weighted by molar-refractivity contribution is -0.130. The van der Waals surface area contributed by atoms with E-state index in [1.165, 1.54) is 31.2 Å². The van der Waals surface area contributed by atoms with Crippen molar-refractivity contribution in [2.75, 3.05) is 27.7 Å². The molecule has 0 saturated heterocycles. The summed E-state index contributed by atoms with van der Waals surface area (Å²) in [5.41, 5.74) is 0.784. The second-order valence-electron chi connectivity index (χ2n) is 5.92. The predicted molar refractivity (Wildman–Crippen MR) is 103 cm³/mol. The number of nitrogens with zero attached hydrogens (tertiary/aromatic N) is 2. The van der Waals surface area contributed by atoms with Crippen molar-refractivity contribution in [1.82, 2.24) is 9.21 Å². The molecule has 2 rings (SSSR count). The molecule has 0 fully saturated rings. The molecule has 0 aliphatic carbocycles. The molecule has 0 saturated carbocycles. The van der Waals surface area contributed by atoms with Crippen molar-refractivity contribution in [1.29, 1.82) is 0 Å². The molecule has 0 heterocycles. The van der Waals surface area contributed by atoms with Crippen molar-refractivity contribution >= 4 is 31.9 Å². The van der Waals surface area contributed by atoms with Gasteiger partial charge in [0.05, 0.1) is 18.6 Å². The highest BCUT2D eigenvalue weighted by Crippen LogP contribution is 2.24. The number of hydrogen-bond acceptors (Lipinski definition) is 4. The minimum atomic E-state index is -3.89. The molecule has 6 nitrogen and oxygen atoms in total. The molecule has 0 spiro atoms. The average Bonchev–Trinajstić information content (AvgIpc) is 2.62. The lowest BCUT2D eigenvalue weighted by Crippen LogP contribution is -2.39. The Balaban J connectivity index is 2.09. The van der Waals surface area contributed by atoms with Crippen LogP contribution in [0, 0.1) is 5.82 Å². The van der Waals surface area contributed by atoms with Crippen LogP contribution in [-0.2, 0) is 21.4 Å². The Bertz CT molecular complexity index is 919. The standard InChI is InChI=1S/C18H20BrFN2O4S/c1-21(11-13-10-14(19)4-9-17(13)26-3)18(23)12-22(2)27(24,25)16-7-5-15(20)6-8-16/h4-10H,11-12H2,1-3H3. The fourth-order valence-corrected chi connectivity index (χ4v) is 3.93. The highest BCUT2D eigenvalue weighted by molar-refractivity contribution is 9.10. The van der Waals surface area contributed by atoms with E-state index in [0.717, 1.165) is 26.5 Å². The summed E-state index contributed by atoms with van der Waals surface area (Å²) < 4.78 is 45.1. The van der Waals surface area contributed by atoms with Gasteiger partial charge in [0.1, 0.15) is 11.6 Å². The maximum atomic E-state index is 13.0. The van der Waals surface area contributed by atoms with Gasteiger partial charge < -0.3 is 9.64 Å². The zero-order valence-corrected chi connectivity index (χ0v) is 17.5. The van der Waals surface area contributed by atoms with Crippen LogP contribution in [0.5, 0.6) is 5.75 Å². The number of benzene rings is 2. The third-order valence-electron chi connectivity index (χ3n) is 3.96. The molecule has 2 aromatic carbocycles. The molecule has 2 aromatic rings. The third-order valence-corrected chi connectivity index (χ3v) is 6.27. The number of likely N-dealkylation sites (N-methyl/N-ethyl adjacent to an activating group) is 2. The number of rotatable bonds is 7. The molecule has 0 aliphatic rings. The summed E-state index contributed by atoms with van der Waals surface area (Å²) in [6, 6.07) is 9.91. The molecule has 9 heteroatoms. The van der Waals surface area contributed by atoms with Gasteiger partial charge in [-0.1, -0.05) is 15.9 Å². The number of carbonyl (C=O) groups excluding carboxylic acids is 1. The molecule has 0 radical (unpaired) electrons.